The Hall–Kier alpha value is -0.720. The quantitative estimate of drug-likeness (QED) is 0.306. The number of amides is 1. The molecule has 0 radical (unpaired) electrons. The minimum atomic E-state index is 0. The van der Waals surface area contributed by atoms with Crippen molar-refractivity contribution in [2.45, 2.75) is 31.7 Å². The number of carbonyl (C=O) groups excluding carboxylic acids is 1. The van der Waals surface area contributed by atoms with Crippen LogP contribution in [0.1, 0.15) is 25.7 Å². The predicted molar refractivity (Wildman–Crippen MR) is 61.5 cm³/mol. The molecule has 0 N–H and O–H groups in total. The SMILES string of the molecule is O=C1CCCN1CC#CC[N+]12CCCC1C2.[Cl-]. The fourth-order valence-corrected chi connectivity index (χ4v) is 3.16. The van der Waals surface area contributed by atoms with Crippen molar-refractivity contribution < 1.29 is 21.7 Å². The monoisotopic (exact) mass is 254 g/mol. The summed E-state index contributed by atoms with van der Waals surface area (Å²) in [5.74, 6) is 6.75. The van der Waals surface area contributed by atoms with E-state index in [2.05, 4.69) is 11.8 Å². The molecule has 3 nitrogen and oxygen atoms in total. The summed E-state index contributed by atoms with van der Waals surface area (Å²) in [4.78, 5) is 13.2. The molecular weight excluding hydrogens is 236 g/mol. The number of halogens is 1. The Morgan fingerprint density at radius 1 is 1.35 bits per heavy atom. The first kappa shape index (κ1) is 12.7. The Morgan fingerprint density at radius 3 is 2.82 bits per heavy atom. The molecule has 0 saturated carbocycles. The van der Waals surface area contributed by atoms with Gasteiger partial charge in [0.15, 0.2) is 0 Å². The van der Waals surface area contributed by atoms with Crippen LogP contribution in [-0.4, -0.2) is 54.1 Å². The normalized spacial score (nSPS) is 33.8. The summed E-state index contributed by atoms with van der Waals surface area (Å²) >= 11 is 0. The Labute approximate surface area is 109 Å². The first-order chi connectivity index (χ1) is 7.80. The number of hydrogen-bond donors (Lipinski definition) is 0. The summed E-state index contributed by atoms with van der Waals surface area (Å²) in [7, 11) is 0. The highest BCUT2D eigenvalue weighted by Gasteiger charge is 2.57. The zero-order valence-corrected chi connectivity index (χ0v) is 10.9. The van der Waals surface area contributed by atoms with Crippen molar-refractivity contribution in [1.82, 2.24) is 4.90 Å². The largest absolute Gasteiger partial charge is 1.00 e. The minimum Gasteiger partial charge on any atom is -1.00 e. The van der Waals surface area contributed by atoms with Gasteiger partial charge in [0, 0.05) is 25.8 Å². The van der Waals surface area contributed by atoms with Crippen molar-refractivity contribution in [1.29, 1.82) is 0 Å². The molecule has 2 unspecified atom stereocenters. The molecule has 0 aromatic heterocycles. The van der Waals surface area contributed by atoms with Crippen molar-refractivity contribution in [3.8, 4) is 11.8 Å². The van der Waals surface area contributed by atoms with E-state index in [-0.39, 0.29) is 18.3 Å². The second-order valence-electron chi connectivity index (χ2n) is 5.35. The average molecular weight is 255 g/mol. The zero-order valence-electron chi connectivity index (χ0n) is 10.1. The van der Waals surface area contributed by atoms with Crippen molar-refractivity contribution >= 4 is 5.91 Å². The molecular formula is C13H19ClN2O. The van der Waals surface area contributed by atoms with E-state index in [1.807, 2.05) is 4.90 Å². The first-order valence-corrected chi connectivity index (χ1v) is 6.39. The van der Waals surface area contributed by atoms with Crippen molar-refractivity contribution in [2.75, 3.05) is 32.7 Å². The molecule has 94 valence electrons. The molecule has 3 aliphatic rings. The summed E-state index contributed by atoms with van der Waals surface area (Å²) in [6.45, 7) is 5.28. The lowest BCUT2D eigenvalue weighted by atomic mass is 10.3. The molecule has 2 atom stereocenters. The van der Waals surface area contributed by atoms with Gasteiger partial charge in [-0.25, -0.2) is 0 Å². The van der Waals surface area contributed by atoms with Crippen LogP contribution >= 0.6 is 0 Å². The van der Waals surface area contributed by atoms with E-state index in [0.717, 1.165) is 32.0 Å². The van der Waals surface area contributed by atoms with Gasteiger partial charge in [0.2, 0.25) is 5.91 Å². The molecule has 0 aromatic carbocycles. The van der Waals surface area contributed by atoms with Crippen LogP contribution in [0.25, 0.3) is 0 Å². The van der Waals surface area contributed by atoms with Gasteiger partial charge in [-0.05, 0) is 12.3 Å². The van der Waals surface area contributed by atoms with Crippen molar-refractivity contribution in [3.63, 3.8) is 0 Å². The predicted octanol–water partition coefficient (Wildman–Crippen LogP) is -2.39. The summed E-state index contributed by atoms with van der Waals surface area (Å²) in [5, 5.41) is 0. The zero-order chi connectivity index (χ0) is 11.0. The summed E-state index contributed by atoms with van der Waals surface area (Å²) in [6, 6.07) is 0.933. The van der Waals surface area contributed by atoms with Gasteiger partial charge in [0.25, 0.3) is 0 Å². The number of hydrogen-bond acceptors (Lipinski definition) is 1. The number of likely N-dealkylation sites (tertiary alicyclic amines) is 1. The highest BCUT2D eigenvalue weighted by molar-refractivity contribution is 5.78. The van der Waals surface area contributed by atoms with Crippen LogP contribution in [0.15, 0.2) is 0 Å². The maximum absolute atomic E-state index is 11.4. The lowest BCUT2D eigenvalue weighted by molar-refractivity contribution is -0.794. The molecule has 4 heteroatoms. The summed E-state index contributed by atoms with van der Waals surface area (Å²) in [6.07, 6.45) is 4.54. The topological polar surface area (TPSA) is 20.3 Å². The van der Waals surface area contributed by atoms with Gasteiger partial charge in [-0.2, -0.15) is 0 Å². The molecule has 17 heavy (non-hydrogen) atoms. The van der Waals surface area contributed by atoms with Crippen molar-refractivity contribution in [3.05, 3.63) is 0 Å². The molecule has 1 amide bonds. The van der Waals surface area contributed by atoms with Gasteiger partial charge in [-0.15, -0.1) is 0 Å². The van der Waals surface area contributed by atoms with E-state index in [1.54, 1.807) is 0 Å². The molecule has 0 aromatic rings. The molecule has 3 heterocycles. The van der Waals surface area contributed by atoms with Crippen LogP contribution in [0.5, 0.6) is 0 Å². The van der Waals surface area contributed by atoms with Gasteiger partial charge < -0.3 is 21.8 Å². The fraction of sp³-hybridized carbons (Fsp3) is 0.769. The second kappa shape index (κ2) is 4.88. The van der Waals surface area contributed by atoms with E-state index >= 15 is 0 Å². The Bertz CT molecular complexity index is 373. The second-order valence-corrected chi connectivity index (χ2v) is 5.35. The van der Waals surface area contributed by atoms with Crippen molar-refractivity contribution in [2.24, 2.45) is 0 Å². The van der Waals surface area contributed by atoms with E-state index in [9.17, 15) is 4.79 Å². The summed E-state index contributed by atoms with van der Waals surface area (Å²) < 4.78 is 1.26. The van der Waals surface area contributed by atoms with Gasteiger partial charge in [0.1, 0.15) is 19.1 Å². The summed E-state index contributed by atoms with van der Waals surface area (Å²) in [5.41, 5.74) is 0. The Morgan fingerprint density at radius 2 is 2.24 bits per heavy atom. The third kappa shape index (κ3) is 2.43. The molecule has 3 aliphatic heterocycles. The molecule has 3 rings (SSSR count). The molecule has 0 bridgehead atoms. The third-order valence-corrected chi connectivity index (χ3v) is 4.32. The lowest BCUT2D eigenvalue weighted by Crippen LogP contribution is -3.00. The van der Waals surface area contributed by atoms with Crippen LogP contribution in [0, 0.1) is 11.8 Å². The number of rotatable bonds is 2. The highest BCUT2D eigenvalue weighted by Crippen LogP contribution is 2.40. The molecule has 3 saturated heterocycles. The average Bonchev–Trinajstić information content (AvgIpc) is 2.63. The number of quaternary nitrogens is 1. The number of carbonyl (C=O) groups is 1. The molecule has 3 fully saturated rings. The van der Waals surface area contributed by atoms with Crippen LogP contribution in [0.3, 0.4) is 0 Å². The highest BCUT2D eigenvalue weighted by atomic mass is 35.5. The third-order valence-electron chi connectivity index (χ3n) is 4.32. The van der Waals surface area contributed by atoms with Gasteiger partial charge in [-0.3, -0.25) is 4.79 Å². The fourth-order valence-electron chi connectivity index (χ4n) is 3.16. The van der Waals surface area contributed by atoms with E-state index in [4.69, 9.17) is 0 Å². The lowest BCUT2D eigenvalue weighted by Gasteiger charge is -2.12. The first-order valence-electron chi connectivity index (χ1n) is 6.39. The van der Waals surface area contributed by atoms with Crippen LogP contribution < -0.4 is 12.4 Å². The maximum Gasteiger partial charge on any atom is 0.223 e. The van der Waals surface area contributed by atoms with E-state index in [0.29, 0.717) is 6.54 Å². The van der Waals surface area contributed by atoms with Crippen LogP contribution in [0.4, 0.5) is 0 Å². The molecule has 0 aliphatic carbocycles. The van der Waals surface area contributed by atoms with Gasteiger partial charge in [-0.1, -0.05) is 5.92 Å². The Kier molecular flexibility index (Phi) is 3.65. The van der Waals surface area contributed by atoms with Crippen LogP contribution in [-0.2, 0) is 4.79 Å². The minimum absolute atomic E-state index is 0. The van der Waals surface area contributed by atoms with E-state index in [1.165, 1.54) is 30.4 Å². The van der Waals surface area contributed by atoms with E-state index < -0.39 is 0 Å². The number of nitrogens with zero attached hydrogens (tertiary/aromatic N) is 2. The number of fused-ring (bicyclic) bond motifs is 1. The number of piperidine rings is 1. The van der Waals surface area contributed by atoms with Gasteiger partial charge in [0.05, 0.1) is 13.1 Å². The standard InChI is InChI=1S/C13H19N2O.ClH/c16-13-6-3-8-14(13)7-1-2-9-15-10-4-5-12(15)11-15;/h12H,3-11H2;1H/q+1;/p-1. The Balaban J connectivity index is 0.00000108. The maximum atomic E-state index is 11.4. The molecule has 0 spiro atoms. The smallest absolute Gasteiger partial charge is 0.223 e. The van der Waals surface area contributed by atoms with Crippen LogP contribution in [0.2, 0.25) is 0 Å². The van der Waals surface area contributed by atoms with Gasteiger partial charge >= 0.3 is 0 Å².